The molecule has 0 radical (unpaired) electrons. The van der Waals surface area contributed by atoms with E-state index in [0.29, 0.717) is 5.02 Å². The van der Waals surface area contributed by atoms with Crippen molar-refractivity contribution in [1.29, 1.82) is 0 Å². The maximum Gasteiger partial charge on any atom is 0.0439 e. The third-order valence-corrected chi connectivity index (χ3v) is 3.84. The lowest BCUT2D eigenvalue weighted by Crippen LogP contribution is -2.20. The summed E-state index contributed by atoms with van der Waals surface area (Å²) in [7, 11) is 1.94. The second kappa shape index (κ2) is 6.38. The van der Waals surface area contributed by atoms with Crippen LogP contribution in [0.25, 0.3) is 0 Å². The maximum atomic E-state index is 6.22. The molecular formula is C15H16Cl2N2. The van der Waals surface area contributed by atoms with Gasteiger partial charge < -0.3 is 5.32 Å². The van der Waals surface area contributed by atoms with Gasteiger partial charge in [0.05, 0.1) is 0 Å². The van der Waals surface area contributed by atoms with Gasteiger partial charge in [0, 0.05) is 28.5 Å². The Kier molecular flexibility index (Phi) is 4.81. The van der Waals surface area contributed by atoms with Crippen molar-refractivity contribution < 1.29 is 0 Å². The summed E-state index contributed by atoms with van der Waals surface area (Å²) in [5.74, 6) is 0. The second-order valence-electron chi connectivity index (χ2n) is 4.51. The van der Waals surface area contributed by atoms with E-state index in [2.05, 4.69) is 17.2 Å². The summed E-state index contributed by atoms with van der Waals surface area (Å²) in [6.45, 7) is 2.08. The van der Waals surface area contributed by atoms with Crippen molar-refractivity contribution in [2.75, 3.05) is 7.05 Å². The van der Waals surface area contributed by atoms with Crippen molar-refractivity contribution in [2.24, 2.45) is 0 Å². The van der Waals surface area contributed by atoms with E-state index in [4.69, 9.17) is 23.2 Å². The first-order valence-electron chi connectivity index (χ1n) is 6.13. The van der Waals surface area contributed by atoms with Gasteiger partial charge in [0.15, 0.2) is 0 Å². The first kappa shape index (κ1) is 14.3. The number of aryl methyl sites for hydroxylation is 1. The monoisotopic (exact) mass is 294 g/mol. The van der Waals surface area contributed by atoms with Gasteiger partial charge in [-0.2, -0.15) is 0 Å². The number of rotatable bonds is 4. The number of nitrogens with zero attached hydrogens (tertiary/aromatic N) is 1. The van der Waals surface area contributed by atoms with E-state index in [0.717, 1.165) is 17.0 Å². The van der Waals surface area contributed by atoms with Crippen LogP contribution in [0.3, 0.4) is 0 Å². The van der Waals surface area contributed by atoms with Crippen molar-refractivity contribution >= 4 is 23.2 Å². The Morgan fingerprint density at radius 2 is 2.05 bits per heavy atom. The largest absolute Gasteiger partial charge is 0.313 e. The predicted molar refractivity (Wildman–Crippen MR) is 80.9 cm³/mol. The zero-order valence-electron chi connectivity index (χ0n) is 11.0. The SMILES string of the molecule is CNC(Cc1cc(Cl)ccc1Cl)c1cnccc1C. The third-order valence-electron chi connectivity index (χ3n) is 3.24. The Morgan fingerprint density at radius 1 is 1.26 bits per heavy atom. The minimum atomic E-state index is 0.171. The van der Waals surface area contributed by atoms with E-state index < -0.39 is 0 Å². The molecule has 19 heavy (non-hydrogen) atoms. The number of nitrogens with one attached hydrogen (secondary N) is 1. The van der Waals surface area contributed by atoms with Gasteiger partial charge >= 0.3 is 0 Å². The zero-order chi connectivity index (χ0) is 13.8. The van der Waals surface area contributed by atoms with Crippen LogP contribution in [0.2, 0.25) is 10.0 Å². The molecule has 0 spiro atoms. The molecular weight excluding hydrogens is 279 g/mol. The molecule has 1 atom stereocenters. The van der Waals surface area contributed by atoms with Crippen LogP contribution in [-0.2, 0) is 6.42 Å². The average molecular weight is 295 g/mol. The molecule has 2 aromatic rings. The van der Waals surface area contributed by atoms with Gasteiger partial charge in [0.2, 0.25) is 0 Å². The molecule has 0 aliphatic rings. The lowest BCUT2D eigenvalue weighted by molar-refractivity contribution is 0.587. The molecule has 1 unspecified atom stereocenters. The Morgan fingerprint density at radius 3 is 2.74 bits per heavy atom. The summed E-state index contributed by atoms with van der Waals surface area (Å²) >= 11 is 12.3. The molecule has 0 saturated heterocycles. The molecule has 0 aliphatic carbocycles. The van der Waals surface area contributed by atoms with Crippen LogP contribution in [-0.4, -0.2) is 12.0 Å². The molecule has 100 valence electrons. The Balaban J connectivity index is 2.29. The Labute approximate surface area is 123 Å². The van der Waals surface area contributed by atoms with Crippen LogP contribution in [0.5, 0.6) is 0 Å². The van der Waals surface area contributed by atoms with Crippen LogP contribution < -0.4 is 5.32 Å². The molecule has 0 aliphatic heterocycles. The lowest BCUT2D eigenvalue weighted by atomic mass is 9.97. The highest BCUT2D eigenvalue weighted by molar-refractivity contribution is 6.33. The van der Waals surface area contributed by atoms with Gasteiger partial charge in [-0.05, 0) is 61.3 Å². The number of likely N-dealkylation sites (N-methyl/N-ethyl adjacent to an activating group) is 1. The number of hydrogen-bond donors (Lipinski definition) is 1. The van der Waals surface area contributed by atoms with E-state index in [-0.39, 0.29) is 6.04 Å². The van der Waals surface area contributed by atoms with Crippen LogP contribution in [0.4, 0.5) is 0 Å². The molecule has 1 heterocycles. The Hall–Kier alpha value is -1.09. The van der Waals surface area contributed by atoms with Crippen LogP contribution in [0.1, 0.15) is 22.7 Å². The zero-order valence-corrected chi connectivity index (χ0v) is 12.5. The predicted octanol–water partition coefficient (Wildman–Crippen LogP) is 4.20. The van der Waals surface area contributed by atoms with Crippen molar-refractivity contribution in [1.82, 2.24) is 10.3 Å². The molecule has 0 fully saturated rings. The van der Waals surface area contributed by atoms with Gasteiger partial charge in [0.25, 0.3) is 0 Å². The van der Waals surface area contributed by atoms with Gasteiger partial charge in [-0.25, -0.2) is 0 Å². The quantitative estimate of drug-likeness (QED) is 0.914. The standard InChI is InChI=1S/C15H16Cl2N2/c1-10-5-6-19-9-13(10)15(18-2)8-11-7-12(16)3-4-14(11)17/h3-7,9,15,18H,8H2,1-2H3. The molecule has 4 heteroatoms. The van der Waals surface area contributed by atoms with Crippen molar-refractivity contribution in [3.05, 3.63) is 63.4 Å². The molecule has 0 bridgehead atoms. The highest BCUT2D eigenvalue weighted by atomic mass is 35.5. The fraction of sp³-hybridized carbons (Fsp3) is 0.267. The smallest absolute Gasteiger partial charge is 0.0439 e. The summed E-state index contributed by atoms with van der Waals surface area (Å²) < 4.78 is 0. The number of benzene rings is 1. The van der Waals surface area contributed by atoms with E-state index in [9.17, 15) is 0 Å². The highest BCUT2D eigenvalue weighted by Gasteiger charge is 2.14. The van der Waals surface area contributed by atoms with Crippen LogP contribution in [0, 0.1) is 6.92 Å². The maximum absolute atomic E-state index is 6.22. The molecule has 0 saturated carbocycles. The summed E-state index contributed by atoms with van der Waals surface area (Å²) in [6.07, 6.45) is 4.48. The molecule has 2 rings (SSSR count). The first-order valence-corrected chi connectivity index (χ1v) is 6.89. The van der Waals surface area contributed by atoms with E-state index in [1.54, 1.807) is 12.3 Å². The van der Waals surface area contributed by atoms with E-state index in [1.165, 1.54) is 11.1 Å². The average Bonchev–Trinajstić information content (AvgIpc) is 2.41. The minimum absolute atomic E-state index is 0.171. The van der Waals surface area contributed by atoms with Gasteiger partial charge in [-0.3, -0.25) is 4.98 Å². The lowest BCUT2D eigenvalue weighted by Gasteiger charge is -2.19. The van der Waals surface area contributed by atoms with Gasteiger partial charge in [0.1, 0.15) is 0 Å². The highest BCUT2D eigenvalue weighted by Crippen LogP contribution is 2.27. The van der Waals surface area contributed by atoms with Crippen LogP contribution in [0.15, 0.2) is 36.7 Å². The topological polar surface area (TPSA) is 24.9 Å². The van der Waals surface area contributed by atoms with Crippen molar-refractivity contribution in [3.8, 4) is 0 Å². The molecule has 0 amide bonds. The van der Waals surface area contributed by atoms with Gasteiger partial charge in [-0.15, -0.1) is 0 Å². The summed E-state index contributed by atoms with van der Waals surface area (Å²) in [6, 6.07) is 7.74. The number of pyridine rings is 1. The third kappa shape index (κ3) is 3.47. The Bertz CT molecular complexity index is 570. The number of aromatic nitrogens is 1. The number of halogens is 2. The fourth-order valence-electron chi connectivity index (χ4n) is 2.13. The van der Waals surface area contributed by atoms with Gasteiger partial charge in [-0.1, -0.05) is 23.2 Å². The normalized spacial score (nSPS) is 12.4. The molecule has 1 aromatic heterocycles. The molecule has 2 nitrogen and oxygen atoms in total. The molecule has 1 aromatic carbocycles. The van der Waals surface area contributed by atoms with E-state index in [1.807, 2.05) is 31.4 Å². The van der Waals surface area contributed by atoms with E-state index >= 15 is 0 Å². The minimum Gasteiger partial charge on any atom is -0.313 e. The van der Waals surface area contributed by atoms with Crippen molar-refractivity contribution in [2.45, 2.75) is 19.4 Å². The first-order chi connectivity index (χ1) is 9.11. The number of hydrogen-bond acceptors (Lipinski definition) is 2. The van der Waals surface area contributed by atoms with Crippen LogP contribution >= 0.6 is 23.2 Å². The summed E-state index contributed by atoms with van der Waals surface area (Å²) in [5, 5.41) is 4.76. The summed E-state index contributed by atoms with van der Waals surface area (Å²) in [5.41, 5.74) is 3.44. The fourth-order valence-corrected chi connectivity index (χ4v) is 2.52. The summed E-state index contributed by atoms with van der Waals surface area (Å²) in [4.78, 5) is 4.20. The second-order valence-corrected chi connectivity index (χ2v) is 5.36. The molecule has 1 N–H and O–H groups in total. The van der Waals surface area contributed by atoms with Crippen molar-refractivity contribution in [3.63, 3.8) is 0 Å².